The molecule has 0 saturated heterocycles. The monoisotopic (exact) mass is 390 g/mol. The SMILES string of the molecule is COC(=O)c1sccc1NS(=O)(=O)c1ccc(N)c(Br)c1. The topological polar surface area (TPSA) is 98.5 Å². The second kappa shape index (κ2) is 6.04. The van der Waals surface area contributed by atoms with E-state index in [0.717, 1.165) is 11.3 Å². The van der Waals surface area contributed by atoms with Gasteiger partial charge in [-0.15, -0.1) is 11.3 Å². The molecule has 0 atom stereocenters. The predicted molar refractivity (Wildman–Crippen MR) is 85.0 cm³/mol. The van der Waals surface area contributed by atoms with Gasteiger partial charge in [0.25, 0.3) is 10.0 Å². The lowest BCUT2D eigenvalue weighted by molar-refractivity contribution is 0.0607. The maximum atomic E-state index is 12.3. The number of hydrogen-bond donors (Lipinski definition) is 2. The normalized spacial score (nSPS) is 11.1. The van der Waals surface area contributed by atoms with Crippen LogP contribution in [0, 0.1) is 0 Å². The van der Waals surface area contributed by atoms with Crippen LogP contribution in [0.2, 0.25) is 0 Å². The number of anilines is 2. The number of benzene rings is 1. The molecule has 0 amide bonds. The number of carbonyl (C=O) groups excluding carboxylic acids is 1. The molecule has 2 rings (SSSR count). The highest BCUT2D eigenvalue weighted by Crippen LogP contribution is 2.28. The van der Waals surface area contributed by atoms with Crippen LogP contribution < -0.4 is 10.5 Å². The van der Waals surface area contributed by atoms with Crippen molar-refractivity contribution in [1.82, 2.24) is 0 Å². The number of nitrogens with two attached hydrogens (primary N) is 1. The van der Waals surface area contributed by atoms with Gasteiger partial charge in [0.2, 0.25) is 0 Å². The first-order valence-electron chi connectivity index (χ1n) is 5.59. The van der Waals surface area contributed by atoms with Crippen LogP contribution in [0.1, 0.15) is 9.67 Å². The number of nitrogens with one attached hydrogen (secondary N) is 1. The number of sulfonamides is 1. The largest absolute Gasteiger partial charge is 0.465 e. The van der Waals surface area contributed by atoms with E-state index < -0.39 is 16.0 Å². The maximum absolute atomic E-state index is 12.3. The van der Waals surface area contributed by atoms with Gasteiger partial charge in [0.15, 0.2) is 0 Å². The zero-order valence-electron chi connectivity index (χ0n) is 10.8. The molecule has 0 saturated carbocycles. The van der Waals surface area contributed by atoms with Crippen molar-refractivity contribution in [2.45, 2.75) is 4.90 Å². The van der Waals surface area contributed by atoms with Crippen LogP contribution in [0.25, 0.3) is 0 Å². The van der Waals surface area contributed by atoms with Crippen LogP contribution in [0.15, 0.2) is 39.0 Å². The van der Waals surface area contributed by atoms with Crippen LogP contribution in [0.4, 0.5) is 11.4 Å². The van der Waals surface area contributed by atoms with Crippen LogP contribution in [-0.4, -0.2) is 21.5 Å². The lowest BCUT2D eigenvalue weighted by Gasteiger charge is -2.09. The minimum Gasteiger partial charge on any atom is -0.465 e. The summed E-state index contributed by atoms with van der Waals surface area (Å²) in [6.07, 6.45) is 0. The fourth-order valence-corrected chi connectivity index (χ4v) is 3.98. The highest BCUT2D eigenvalue weighted by atomic mass is 79.9. The molecule has 0 radical (unpaired) electrons. The zero-order valence-corrected chi connectivity index (χ0v) is 14.0. The average Bonchev–Trinajstić information content (AvgIpc) is 2.88. The van der Waals surface area contributed by atoms with Gasteiger partial charge < -0.3 is 10.5 Å². The van der Waals surface area contributed by atoms with E-state index in [-0.39, 0.29) is 15.5 Å². The summed E-state index contributed by atoms with van der Waals surface area (Å²) in [6.45, 7) is 0. The second-order valence-electron chi connectivity index (χ2n) is 3.94. The molecule has 1 aromatic carbocycles. The predicted octanol–water partition coefficient (Wildman–Crippen LogP) is 2.68. The minimum atomic E-state index is -3.82. The summed E-state index contributed by atoms with van der Waals surface area (Å²) in [4.78, 5) is 11.8. The number of carbonyl (C=O) groups is 1. The molecule has 0 spiro atoms. The number of halogens is 1. The van der Waals surface area contributed by atoms with Crippen molar-refractivity contribution in [1.29, 1.82) is 0 Å². The van der Waals surface area contributed by atoms with E-state index in [9.17, 15) is 13.2 Å². The van der Waals surface area contributed by atoms with Crippen molar-refractivity contribution in [3.63, 3.8) is 0 Å². The van der Waals surface area contributed by atoms with Gasteiger partial charge in [-0.05, 0) is 45.6 Å². The molecule has 3 N–H and O–H groups in total. The molecule has 0 unspecified atom stereocenters. The van der Waals surface area contributed by atoms with E-state index >= 15 is 0 Å². The van der Waals surface area contributed by atoms with E-state index in [4.69, 9.17) is 5.73 Å². The van der Waals surface area contributed by atoms with E-state index in [2.05, 4.69) is 25.4 Å². The lowest BCUT2D eigenvalue weighted by atomic mass is 10.3. The highest BCUT2D eigenvalue weighted by Gasteiger charge is 2.20. The molecule has 0 fully saturated rings. The molecule has 1 aromatic heterocycles. The number of thiophene rings is 1. The van der Waals surface area contributed by atoms with Crippen LogP contribution >= 0.6 is 27.3 Å². The Morgan fingerprint density at radius 3 is 2.71 bits per heavy atom. The van der Waals surface area contributed by atoms with E-state index in [0.29, 0.717) is 10.2 Å². The standard InChI is InChI=1S/C12H11BrN2O4S2/c1-19-12(16)11-10(4-5-20-11)15-21(17,18)7-2-3-9(14)8(13)6-7/h2-6,15H,14H2,1H3. The van der Waals surface area contributed by atoms with Crippen LogP contribution in [0.5, 0.6) is 0 Å². The summed E-state index contributed by atoms with van der Waals surface area (Å²) in [5.74, 6) is -0.596. The third-order valence-corrected chi connectivity index (χ3v) is 5.51. The molecular weight excluding hydrogens is 380 g/mol. The van der Waals surface area contributed by atoms with Crippen molar-refractivity contribution in [3.05, 3.63) is 39.0 Å². The van der Waals surface area contributed by atoms with E-state index in [1.165, 1.54) is 31.4 Å². The van der Waals surface area contributed by atoms with Gasteiger partial charge in [-0.1, -0.05) is 0 Å². The Balaban J connectivity index is 2.36. The number of hydrogen-bond acceptors (Lipinski definition) is 6. The summed E-state index contributed by atoms with van der Waals surface area (Å²) in [5, 5.41) is 1.60. The summed E-state index contributed by atoms with van der Waals surface area (Å²) in [6, 6.07) is 5.75. The van der Waals surface area contributed by atoms with Crippen LogP contribution in [-0.2, 0) is 14.8 Å². The number of esters is 1. The molecule has 2 aromatic rings. The molecule has 6 nitrogen and oxygen atoms in total. The minimum absolute atomic E-state index is 0.0330. The molecule has 0 aliphatic rings. The Morgan fingerprint density at radius 2 is 2.10 bits per heavy atom. The van der Waals surface area contributed by atoms with Gasteiger partial charge >= 0.3 is 5.97 Å². The Morgan fingerprint density at radius 1 is 1.38 bits per heavy atom. The lowest BCUT2D eigenvalue weighted by Crippen LogP contribution is -2.15. The molecule has 112 valence electrons. The smallest absolute Gasteiger partial charge is 0.350 e. The Hall–Kier alpha value is -1.58. The first-order valence-corrected chi connectivity index (χ1v) is 8.74. The Bertz CT molecular complexity index is 786. The molecule has 21 heavy (non-hydrogen) atoms. The molecule has 0 bridgehead atoms. The third kappa shape index (κ3) is 3.36. The van der Waals surface area contributed by atoms with Gasteiger partial charge in [-0.2, -0.15) is 0 Å². The molecule has 0 aliphatic carbocycles. The summed E-state index contributed by atoms with van der Waals surface area (Å²) < 4.78 is 32.1. The van der Waals surface area contributed by atoms with Gasteiger partial charge in [-0.25, -0.2) is 13.2 Å². The van der Waals surface area contributed by atoms with Crippen molar-refractivity contribution in [3.8, 4) is 0 Å². The van der Waals surface area contributed by atoms with Crippen molar-refractivity contribution in [2.24, 2.45) is 0 Å². The van der Waals surface area contributed by atoms with Gasteiger partial charge in [-0.3, -0.25) is 4.72 Å². The third-order valence-electron chi connectivity index (χ3n) is 2.56. The molecular formula is C12H11BrN2O4S2. The number of rotatable bonds is 4. The fraction of sp³-hybridized carbons (Fsp3) is 0.0833. The quantitative estimate of drug-likeness (QED) is 0.617. The summed E-state index contributed by atoms with van der Waals surface area (Å²) >= 11 is 4.27. The molecule has 0 aliphatic heterocycles. The number of methoxy groups -OCH3 is 1. The first-order chi connectivity index (χ1) is 9.85. The van der Waals surface area contributed by atoms with Gasteiger partial charge in [0.05, 0.1) is 17.7 Å². The maximum Gasteiger partial charge on any atom is 0.350 e. The summed E-state index contributed by atoms with van der Waals surface area (Å²) in [5.41, 5.74) is 6.24. The van der Waals surface area contributed by atoms with Crippen molar-refractivity contribution >= 4 is 54.6 Å². The van der Waals surface area contributed by atoms with Gasteiger partial charge in [0.1, 0.15) is 4.88 Å². The van der Waals surface area contributed by atoms with Crippen molar-refractivity contribution in [2.75, 3.05) is 17.6 Å². The Kier molecular flexibility index (Phi) is 4.55. The van der Waals surface area contributed by atoms with E-state index in [1.807, 2.05) is 0 Å². The second-order valence-corrected chi connectivity index (χ2v) is 7.40. The highest BCUT2D eigenvalue weighted by molar-refractivity contribution is 9.10. The molecule has 1 heterocycles. The zero-order chi connectivity index (χ0) is 15.6. The van der Waals surface area contributed by atoms with E-state index in [1.54, 1.807) is 5.38 Å². The number of ether oxygens (including phenoxy) is 1. The van der Waals surface area contributed by atoms with Crippen molar-refractivity contribution < 1.29 is 17.9 Å². The summed E-state index contributed by atoms with van der Waals surface area (Å²) in [7, 11) is -2.59. The van der Waals surface area contributed by atoms with Gasteiger partial charge in [0, 0.05) is 10.2 Å². The average molecular weight is 391 g/mol. The number of nitrogen functional groups attached to an aromatic ring is 1. The first kappa shape index (κ1) is 15.8. The Labute approximate surface area is 134 Å². The molecule has 9 heteroatoms. The van der Waals surface area contributed by atoms with Crippen LogP contribution in [0.3, 0.4) is 0 Å². The fourth-order valence-electron chi connectivity index (χ4n) is 1.52.